The fourth-order valence-electron chi connectivity index (χ4n) is 2.20. The molecule has 0 radical (unpaired) electrons. The van der Waals surface area contributed by atoms with Gasteiger partial charge in [0, 0.05) is 29.4 Å². The van der Waals surface area contributed by atoms with Crippen molar-refractivity contribution < 1.29 is 14.3 Å². The van der Waals surface area contributed by atoms with Gasteiger partial charge < -0.3 is 15.4 Å². The maximum Gasteiger partial charge on any atom is 0.275 e. The number of aromatic nitrogens is 2. The number of hydrogen-bond donors (Lipinski definition) is 2. The largest absolute Gasteiger partial charge is 0.484 e. The van der Waals surface area contributed by atoms with E-state index >= 15 is 0 Å². The Morgan fingerprint density at radius 3 is 2.56 bits per heavy atom. The molecule has 0 aliphatic heterocycles. The van der Waals surface area contributed by atoms with Crippen molar-refractivity contribution in [3.05, 3.63) is 65.3 Å². The number of nitrogens with one attached hydrogen (secondary N) is 2. The number of benzene rings is 1. The molecule has 2 amide bonds. The fraction of sp³-hybridized carbons (Fsp3) is 0.263. The van der Waals surface area contributed by atoms with Crippen LogP contribution in [0.1, 0.15) is 29.5 Å². The Balaban J connectivity index is 1.73. The summed E-state index contributed by atoms with van der Waals surface area (Å²) in [6, 6.07) is 6.50. The second-order valence-electron chi connectivity index (χ2n) is 6.02. The Morgan fingerprint density at radius 1 is 1.22 bits per heavy atom. The number of rotatable bonds is 8. The quantitative estimate of drug-likeness (QED) is 0.725. The minimum atomic E-state index is -0.392. The minimum Gasteiger partial charge on any atom is -0.484 e. The van der Waals surface area contributed by atoms with Crippen LogP contribution in [0.2, 0.25) is 5.02 Å². The van der Waals surface area contributed by atoms with Gasteiger partial charge in [-0.3, -0.25) is 14.6 Å². The van der Waals surface area contributed by atoms with Crippen molar-refractivity contribution in [1.29, 1.82) is 0 Å². The van der Waals surface area contributed by atoms with Crippen LogP contribution in [0.5, 0.6) is 5.75 Å². The molecule has 8 heteroatoms. The molecule has 7 nitrogen and oxygen atoms in total. The van der Waals surface area contributed by atoms with Gasteiger partial charge in [-0.15, -0.1) is 0 Å². The summed E-state index contributed by atoms with van der Waals surface area (Å²) in [5.41, 5.74) is 1.39. The van der Waals surface area contributed by atoms with Gasteiger partial charge in [0.15, 0.2) is 6.61 Å². The number of aryl methyl sites for hydroxylation is 1. The highest BCUT2D eigenvalue weighted by Crippen LogP contribution is 2.15. The second kappa shape index (κ2) is 9.68. The summed E-state index contributed by atoms with van der Waals surface area (Å²) in [5.74, 6) is -0.115. The lowest BCUT2D eigenvalue weighted by molar-refractivity contribution is -0.123. The lowest BCUT2D eigenvalue weighted by atomic mass is 10.2. The minimum absolute atomic E-state index is 0.121. The first-order chi connectivity index (χ1) is 12.8. The topological polar surface area (TPSA) is 93.2 Å². The fourth-order valence-corrected chi connectivity index (χ4v) is 2.33. The monoisotopic (exact) mass is 388 g/mol. The predicted molar refractivity (Wildman–Crippen MR) is 103 cm³/mol. The van der Waals surface area contributed by atoms with Crippen molar-refractivity contribution in [2.45, 2.75) is 26.3 Å². The Kier molecular flexibility index (Phi) is 7.31. The summed E-state index contributed by atoms with van der Waals surface area (Å²) in [6.07, 6.45) is 3.29. The molecule has 0 saturated carbocycles. The lowest BCUT2D eigenvalue weighted by Gasteiger charge is -2.16. The first-order valence-corrected chi connectivity index (χ1v) is 8.67. The highest BCUT2D eigenvalue weighted by Gasteiger charge is 2.13. The van der Waals surface area contributed by atoms with E-state index in [0.29, 0.717) is 22.9 Å². The van der Waals surface area contributed by atoms with Crippen molar-refractivity contribution in [1.82, 2.24) is 20.6 Å². The van der Waals surface area contributed by atoms with Gasteiger partial charge in [0.1, 0.15) is 11.4 Å². The van der Waals surface area contributed by atoms with E-state index in [2.05, 4.69) is 27.2 Å². The number of carbonyl (C=O) groups is 2. The molecular formula is C19H21ClN4O3. The van der Waals surface area contributed by atoms with Crippen molar-refractivity contribution in [2.75, 3.05) is 6.61 Å². The summed E-state index contributed by atoms with van der Waals surface area (Å²) in [7, 11) is 0. The molecule has 1 unspecified atom stereocenters. The molecule has 2 N–H and O–H groups in total. The Labute approximate surface area is 162 Å². The number of halogens is 1. The van der Waals surface area contributed by atoms with Crippen LogP contribution in [0.4, 0.5) is 0 Å². The highest BCUT2D eigenvalue weighted by atomic mass is 35.5. The van der Waals surface area contributed by atoms with Crippen LogP contribution in [0, 0.1) is 6.92 Å². The first kappa shape index (κ1) is 20.4. The third-order valence-electron chi connectivity index (χ3n) is 3.45. The van der Waals surface area contributed by atoms with E-state index < -0.39 is 5.91 Å². The Hall–Kier alpha value is -2.93. The summed E-state index contributed by atoms with van der Waals surface area (Å²) in [4.78, 5) is 32.0. The van der Waals surface area contributed by atoms with Crippen LogP contribution in [0.3, 0.4) is 0 Å². The van der Waals surface area contributed by atoms with E-state index in [4.69, 9.17) is 16.3 Å². The molecule has 0 aliphatic rings. The Bertz CT molecular complexity index is 807. The Morgan fingerprint density at radius 2 is 1.93 bits per heavy atom. The van der Waals surface area contributed by atoms with Gasteiger partial charge in [0.2, 0.25) is 0 Å². The molecule has 1 heterocycles. The van der Waals surface area contributed by atoms with Gasteiger partial charge in [-0.2, -0.15) is 0 Å². The third-order valence-corrected chi connectivity index (χ3v) is 3.70. The van der Waals surface area contributed by atoms with Crippen molar-refractivity contribution in [2.24, 2.45) is 0 Å². The standard InChI is InChI=1S/C19H21ClN4O3/c1-12(23-18(25)11-27-16-6-4-15(20)5-7-16)8-13(2)24-19(26)17-10-21-14(3)9-22-17/h4-7,9-10,12H,2,8,11H2,1,3H3,(H,23,25)(H,24,26). The van der Waals surface area contributed by atoms with E-state index in [1.165, 1.54) is 12.4 Å². The van der Waals surface area contributed by atoms with Gasteiger partial charge in [-0.25, -0.2) is 4.98 Å². The molecule has 2 rings (SSSR count). The molecule has 0 spiro atoms. The molecule has 27 heavy (non-hydrogen) atoms. The average molecular weight is 389 g/mol. The summed E-state index contributed by atoms with van der Waals surface area (Å²) in [5, 5.41) is 6.03. The maximum atomic E-state index is 12.1. The maximum absolute atomic E-state index is 12.1. The summed E-state index contributed by atoms with van der Waals surface area (Å²) in [6.45, 7) is 7.29. The van der Waals surface area contributed by atoms with Gasteiger partial charge in [-0.05, 0) is 38.1 Å². The second-order valence-corrected chi connectivity index (χ2v) is 6.45. The van der Waals surface area contributed by atoms with Crippen LogP contribution in [-0.4, -0.2) is 34.4 Å². The van der Waals surface area contributed by atoms with Gasteiger partial charge >= 0.3 is 0 Å². The van der Waals surface area contributed by atoms with Gasteiger partial charge in [0.05, 0.1) is 11.9 Å². The average Bonchev–Trinajstić information content (AvgIpc) is 2.61. The van der Waals surface area contributed by atoms with E-state index in [0.717, 1.165) is 5.69 Å². The molecule has 0 bridgehead atoms. The zero-order valence-corrected chi connectivity index (χ0v) is 15.9. The number of hydrogen-bond acceptors (Lipinski definition) is 5. The molecular weight excluding hydrogens is 368 g/mol. The van der Waals surface area contributed by atoms with Gasteiger partial charge in [0.25, 0.3) is 11.8 Å². The van der Waals surface area contributed by atoms with Crippen molar-refractivity contribution >= 4 is 23.4 Å². The summed E-state index contributed by atoms with van der Waals surface area (Å²) >= 11 is 5.79. The zero-order valence-electron chi connectivity index (χ0n) is 15.2. The normalized spacial score (nSPS) is 11.4. The number of ether oxygens (including phenoxy) is 1. The van der Waals surface area contributed by atoms with E-state index in [9.17, 15) is 9.59 Å². The van der Waals surface area contributed by atoms with E-state index in [1.807, 2.05) is 6.92 Å². The van der Waals surface area contributed by atoms with Crippen molar-refractivity contribution in [3.8, 4) is 5.75 Å². The molecule has 1 aromatic heterocycles. The SMILES string of the molecule is C=C(CC(C)NC(=O)COc1ccc(Cl)cc1)NC(=O)c1cnc(C)cn1. The van der Waals surface area contributed by atoms with E-state index in [1.54, 1.807) is 31.2 Å². The van der Waals surface area contributed by atoms with Crippen LogP contribution in [0.25, 0.3) is 0 Å². The molecule has 1 aromatic carbocycles. The number of carbonyl (C=O) groups excluding carboxylic acids is 2. The molecule has 2 aromatic rings. The number of amides is 2. The third kappa shape index (κ3) is 7.07. The van der Waals surface area contributed by atoms with Crippen LogP contribution in [0.15, 0.2) is 48.9 Å². The van der Waals surface area contributed by atoms with Crippen LogP contribution >= 0.6 is 11.6 Å². The predicted octanol–water partition coefficient (Wildman–Crippen LogP) is 2.66. The summed E-state index contributed by atoms with van der Waals surface area (Å²) < 4.78 is 5.38. The van der Waals surface area contributed by atoms with Crippen molar-refractivity contribution in [3.63, 3.8) is 0 Å². The highest BCUT2D eigenvalue weighted by molar-refractivity contribution is 6.30. The zero-order chi connectivity index (χ0) is 19.8. The smallest absolute Gasteiger partial charge is 0.275 e. The van der Waals surface area contributed by atoms with Crippen LogP contribution < -0.4 is 15.4 Å². The molecule has 142 valence electrons. The molecule has 0 fully saturated rings. The number of nitrogens with zero attached hydrogens (tertiary/aromatic N) is 2. The van der Waals surface area contributed by atoms with Crippen LogP contribution in [-0.2, 0) is 4.79 Å². The molecule has 0 aliphatic carbocycles. The molecule has 1 atom stereocenters. The first-order valence-electron chi connectivity index (χ1n) is 8.29. The van der Waals surface area contributed by atoms with Gasteiger partial charge in [-0.1, -0.05) is 18.2 Å². The lowest BCUT2D eigenvalue weighted by Crippen LogP contribution is -2.37. The molecule has 0 saturated heterocycles. The van der Waals surface area contributed by atoms with E-state index in [-0.39, 0.29) is 24.2 Å².